The lowest BCUT2D eigenvalue weighted by Gasteiger charge is -2.16. The van der Waals surface area contributed by atoms with Gasteiger partial charge in [0.05, 0.1) is 5.56 Å². The summed E-state index contributed by atoms with van der Waals surface area (Å²) < 4.78 is 2.63. The van der Waals surface area contributed by atoms with Crippen LogP contribution in [0.25, 0.3) is 16.9 Å². The summed E-state index contributed by atoms with van der Waals surface area (Å²) in [5, 5.41) is 8.09. The van der Waals surface area contributed by atoms with Gasteiger partial charge in [-0.1, -0.05) is 59.6 Å². The molecule has 22 heavy (non-hydrogen) atoms. The molecule has 0 spiro atoms. The second kappa shape index (κ2) is 6.22. The molecular weight excluding hydrogens is 366 g/mol. The smallest absolute Gasteiger partial charge is 0.255 e. The van der Waals surface area contributed by atoms with Gasteiger partial charge in [-0.05, 0) is 12.0 Å². The quantitative estimate of drug-likeness (QED) is 0.687. The highest BCUT2D eigenvalue weighted by Gasteiger charge is 2.19. The minimum atomic E-state index is 0.402. The van der Waals surface area contributed by atoms with Crippen LogP contribution < -0.4 is 5.32 Å². The molecule has 0 saturated carbocycles. The Balaban J connectivity index is 2.25. The van der Waals surface area contributed by atoms with Crippen molar-refractivity contribution in [1.82, 2.24) is 19.6 Å². The van der Waals surface area contributed by atoms with Gasteiger partial charge in [0, 0.05) is 16.6 Å². The molecule has 0 radical (unpaired) electrons. The largest absolute Gasteiger partial charge is 0.369 e. The molecule has 0 amide bonds. The number of halogens is 2. The monoisotopic (exact) mass is 379 g/mol. The van der Waals surface area contributed by atoms with Crippen molar-refractivity contribution < 1.29 is 0 Å². The van der Waals surface area contributed by atoms with Crippen molar-refractivity contribution in [3.05, 3.63) is 40.2 Å². The Morgan fingerprint density at radius 2 is 2.09 bits per heavy atom. The zero-order valence-electron chi connectivity index (χ0n) is 12.2. The highest BCUT2D eigenvalue weighted by molar-refractivity contribution is 9.10. The Morgan fingerprint density at radius 3 is 2.82 bits per heavy atom. The molecule has 0 bridgehead atoms. The lowest BCUT2D eigenvalue weighted by Crippen LogP contribution is -2.13. The number of anilines is 1. The third-order valence-electron chi connectivity index (χ3n) is 3.20. The van der Waals surface area contributed by atoms with Crippen LogP contribution in [0.15, 0.2) is 35.1 Å². The lowest BCUT2D eigenvalue weighted by molar-refractivity contribution is 0.684. The van der Waals surface area contributed by atoms with Crippen LogP contribution in [0.1, 0.15) is 13.8 Å². The SMILES string of the molecule is CC(C)CNc1c(-c2ccccc2Br)c(Cl)nc2ncnn12. The van der Waals surface area contributed by atoms with E-state index in [2.05, 4.69) is 50.2 Å². The zero-order valence-corrected chi connectivity index (χ0v) is 14.6. The van der Waals surface area contributed by atoms with Crippen molar-refractivity contribution in [3.8, 4) is 11.1 Å². The Morgan fingerprint density at radius 1 is 1.32 bits per heavy atom. The minimum absolute atomic E-state index is 0.402. The maximum atomic E-state index is 6.43. The Hall–Kier alpha value is -1.66. The van der Waals surface area contributed by atoms with E-state index in [0.29, 0.717) is 16.8 Å². The van der Waals surface area contributed by atoms with E-state index in [9.17, 15) is 0 Å². The summed E-state index contributed by atoms with van der Waals surface area (Å²) in [6, 6.07) is 7.90. The van der Waals surface area contributed by atoms with E-state index in [0.717, 1.165) is 28.0 Å². The molecule has 7 heteroatoms. The predicted molar refractivity (Wildman–Crippen MR) is 92.3 cm³/mol. The van der Waals surface area contributed by atoms with E-state index in [4.69, 9.17) is 11.6 Å². The average molecular weight is 381 g/mol. The number of rotatable bonds is 4. The maximum Gasteiger partial charge on any atom is 0.255 e. The summed E-state index contributed by atoms with van der Waals surface area (Å²) in [4.78, 5) is 8.46. The fourth-order valence-electron chi connectivity index (χ4n) is 2.18. The number of nitrogens with zero attached hydrogens (tertiary/aromatic N) is 4. The Bertz CT molecular complexity index is 815. The molecule has 1 aromatic carbocycles. The molecule has 3 rings (SSSR count). The molecule has 0 unspecified atom stereocenters. The van der Waals surface area contributed by atoms with Gasteiger partial charge in [0.15, 0.2) is 0 Å². The summed E-state index contributed by atoms with van der Waals surface area (Å²) in [6.45, 7) is 5.09. The molecule has 0 saturated heterocycles. The summed E-state index contributed by atoms with van der Waals surface area (Å²) >= 11 is 10.0. The normalized spacial score (nSPS) is 11.3. The number of aromatic nitrogens is 4. The van der Waals surface area contributed by atoms with Crippen molar-refractivity contribution in [3.63, 3.8) is 0 Å². The fraction of sp³-hybridized carbons (Fsp3) is 0.267. The van der Waals surface area contributed by atoms with Crippen molar-refractivity contribution in [2.45, 2.75) is 13.8 Å². The molecule has 5 nitrogen and oxygen atoms in total. The van der Waals surface area contributed by atoms with Crippen LogP contribution in [0.5, 0.6) is 0 Å². The second-order valence-electron chi connectivity index (χ2n) is 5.35. The standard InChI is InChI=1S/C15H15BrClN5/c1-9(2)7-18-14-12(10-5-3-4-6-11(10)16)13(17)21-15-19-8-20-22(14)15/h3-6,8-9,18H,7H2,1-2H3. The van der Waals surface area contributed by atoms with Crippen molar-refractivity contribution in [1.29, 1.82) is 0 Å². The third-order valence-corrected chi connectivity index (χ3v) is 4.17. The molecule has 0 aliphatic heterocycles. The first kappa shape index (κ1) is 15.2. The van der Waals surface area contributed by atoms with E-state index in [1.807, 2.05) is 24.3 Å². The molecule has 0 fully saturated rings. The molecule has 0 atom stereocenters. The third kappa shape index (κ3) is 2.80. The average Bonchev–Trinajstić information content (AvgIpc) is 2.93. The molecule has 0 aliphatic carbocycles. The van der Waals surface area contributed by atoms with E-state index in [-0.39, 0.29) is 0 Å². The van der Waals surface area contributed by atoms with Gasteiger partial charge in [-0.3, -0.25) is 0 Å². The van der Waals surface area contributed by atoms with Crippen LogP contribution >= 0.6 is 27.5 Å². The van der Waals surface area contributed by atoms with Gasteiger partial charge >= 0.3 is 0 Å². The van der Waals surface area contributed by atoms with Crippen LogP contribution in [0, 0.1) is 5.92 Å². The van der Waals surface area contributed by atoms with Gasteiger partial charge in [-0.25, -0.2) is 0 Å². The van der Waals surface area contributed by atoms with Gasteiger partial charge in [0.1, 0.15) is 17.3 Å². The summed E-state index contributed by atoms with van der Waals surface area (Å²) in [6.07, 6.45) is 1.48. The van der Waals surface area contributed by atoms with Crippen molar-refractivity contribution >= 4 is 39.1 Å². The van der Waals surface area contributed by atoms with E-state index >= 15 is 0 Å². The first-order chi connectivity index (χ1) is 10.6. The van der Waals surface area contributed by atoms with E-state index in [1.165, 1.54) is 6.33 Å². The Kier molecular flexibility index (Phi) is 4.31. The molecular formula is C15H15BrClN5. The first-order valence-corrected chi connectivity index (χ1v) is 8.13. The minimum Gasteiger partial charge on any atom is -0.369 e. The van der Waals surface area contributed by atoms with Gasteiger partial charge in [-0.15, -0.1) is 0 Å². The molecule has 3 aromatic rings. The van der Waals surface area contributed by atoms with Crippen LogP contribution in [-0.2, 0) is 0 Å². The summed E-state index contributed by atoms with van der Waals surface area (Å²) in [7, 11) is 0. The fourth-order valence-corrected chi connectivity index (χ4v) is 2.93. The molecule has 2 heterocycles. The predicted octanol–water partition coefficient (Wildman–Crippen LogP) is 4.28. The zero-order chi connectivity index (χ0) is 15.7. The number of hydrogen-bond acceptors (Lipinski definition) is 4. The van der Waals surface area contributed by atoms with Crippen LogP contribution in [0.3, 0.4) is 0 Å². The van der Waals surface area contributed by atoms with Crippen molar-refractivity contribution in [2.75, 3.05) is 11.9 Å². The van der Waals surface area contributed by atoms with Crippen LogP contribution in [0.2, 0.25) is 5.15 Å². The molecule has 2 aromatic heterocycles. The molecule has 1 N–H and O–H groups in total. The summed E-state index contributed by atoms with van der Waals surface area (Å²) in [5.41, 5.74) is 1.77. The number of fused-ring (bicyclic) bond motifs is 1. The lowest BCUT2D eigenvalue weighted by atomic mass is 10.1. The second-order valence-corrected chi connectivity index (χ2v) is 6.57. The van der Waals surface area contributed by atoms with E-state index in [1.54, 1.807) is 4.52 Å². The highest BCUT2D eigenvalue weighted by Crippen LogP contribution is 2.37. The molecule has 0 aliphatic rings. The number of nitrogens with one attached hydrogen (secondary N) is 1. The number of benzene rings is 1. The summed E-state index contributed by atoms with van der Waals surface area (Å²) in [5.74, 6) is 1.76. The molecule has 114 valence electrons. The van der Waals surface area contributed by atoms with Gasteiger partial charge < -0.3 is 5.32 Å². The van der Waals surface area contributed by atoms with E-state index < -0.39 is 0 Å². The highest BCUT2D eigenvalue weighted by atomic mass is 79.9. The number of hydrogen-bond donors (Lipinski definition) is 1. The van der Waals surface area contributed by atoms with Gasteiger partial charge in [0.2, 0.25) is 0 Å². The first-order valence-electron chi connectivity index (χ1n) is 6.96. The van der Waals surface area contributed by atoms with Gasteiger partial charge in [0.25, 0.3) is 5.78 Å². The van der Waals surface area contributed by atoms with Crippen LogP contribution in [-0.4, -0.2) is 26.1 Å². The maximum absolute atomic E-state index is 6.43. The Labute approximate surface area is 141 Å². The van der Waals surface area contributed by atoms with Gasteiger partial charge in [-0.2, -0.15) is 19.6 Å². The topological polar surface area (TPSA) is 55.1 Å². The van der Waals surface area contributed by atoms with Crippen molar-refractivity contribution in [2.24, 2.45) is 5.92 Å². The van der Waals surface area contributed by atoms with Crippen LogP contribution in [0.4, 0.5) is 5.82 Å².